The number of terminal acetylenes is 1. The second kappa shape index (κ2) is 6.02. The smallest absolute Gasteiger partial charge is 0.408 e. The summed E-state index contributed by atoms with van der Waals surface area (Å²) in [5, 5.41) is 2.70. The maximum atomic E-state index is 12.9. The number of nitrogens with zero attached hydrogens (tertiary/aromatic N) is 1. The number of aryl methyl sites for hydroxylation is 1. The standard InChI is InChI=1S/C22H26N2O3/c1-5-22(23-20(26)27-4)10-15(11-22)19(25)24-12-17-18(21(17,3)13-24)16-9-7-6-8-14(16)2/h1,6-9,15,17-18H,10-13H2,2-4H3,(H,23,26)/t15?,17-,18-,21-,22?/m0/s1. The van der Waals surface area contributed by atoms with Crippen molar-refractivity contribution in [3.8, 4) is 12.3 Å². The minimum Gasteiger partial charge on any atom is -0.453 e. The predicted octanol–water partition coefficient (Wildman–Crippen LogP) is 2.69. The highest BCUT2D eigenvalue weighted by atomic mass is 16.5. The number of ether oxygens (including phenoxy) is 1. The molecule has 1 aromatic carbocycles. The number of rotatable bonds is 3. The van der Waals surface area contributed by atoms with Crippen LogP contribution in [0, 0.1) is 36.5 Å². The number of carbonyl (C=O) groups is 2. The second-order valence-electron chi connectivity index (χ2n) is 8.61. The fraction of sp³-hybridized carbons (Fsp3) is 0.545. The number of alkyl carbamates (subject to hydrolysis) is 1. The first-order chi connectivity index (χ1) is 12.8. The van der Waals surface area contributed by atoms with Crippen LogP contribution in [0.3, 0.4) is 0 Å². The topological polar surface area (TPSA) is 58.6 Å². The van der Waals surface area contributed by atoms with Crippen molar-refractivity contribution in [2.45, 2.75) is 38.1 Å². The Morgan fingerprint density at radius 2 is 2.04 bits per heavy atom. The molecule has 0 aromatic heterocycles. The van der Waals surface area contributed by atoms with Crippen molar-refractivity contribution in [2.24, 2.45) is 17.3 Å². The van der Waals surface area contributed by atoms with E-state index in [9.17, 15) is 9.59 Å². The molecular weight excluding hydrogens is 340 g/mol. The van der Waals surface area contributed by atoms with Crippen LogP contribution in [0.1, 0.15) is 36.8 Å². The number of amides is 2. The monoisotopic (exact) mass is 366 g/mol. The van der Waals surface area contributed by atoms with Gasteiger partial charge < -0.3 is 15.0 Å². The van der Waals surface area contributed by atoms with Gasteiger partial charge in [0, 0.05) is 19.0 Å². The van der Waals surface area contributed by atoms with Crippen LogP contribution in [0.25, 0.3) is 0 Å². The lowest BCUT2D eigenvalue weighted by atomic mass is 9.68. The Balaban J connectivity index is 1.37. The van der Waals surface area contributed by atoms with Gasteiger partial charge in [0.15, 0.2) is 0 Å². The van der Waals surface area contributed by atoms with Crippen molar-refractivity contribution in [3.63, 3.8) is 0 Å². The van der Waals surface area contributed by atoms with Crippen LogP contribution in [-0.2, 0) is 9.53 Å². The Kier molecular flexibility index (Phi) is 3.99. The number of piperidine rings is 1. The number of carbonyl (C=O) groups excluding carboxylic acids is 2. The number of hydrogen-bond donors (Lipinski definition) is 1. The van der Waals surface area contributed by atoms with Crippen LogP contribution >= 0.6 is 0 Å². The first-order valence-corrected chi connectivity index (χ1v) is 9.52. The molecule has 1 N–H and O–H groups in total. The molecule has 0 radical (unpaired) electrons. The zero-order chi connectivity index (χ0) is 19.4. The Morgan fingerprint density at radius 3 is 2.59 bits per heavy atom. The van der Waals surface area contributed by atoms with E-state index < -0.39 is 11.6 Å². The minimum atomic E-state index is -0.746. The molecule has 3 atom stereocenters. The van der Waals surface area contributed by atoms with Crippen LogP contribution < -0.4 is 5.32 Å². The van der Waals surface area contributed by atoms with E-state index in [0.29, 0.717) is 24.7 Å². The van der Waals surface area contributed by atoms with Crippen molar-refractivity contribution < 1.29 is 14.3 Å². The quantitative estimate of drug-likeness (QED) is 0.837. The first kappa shape index (κ1) is 17.9. The highest BCUT2D eigenvalue weighted by Gasteiger charge is 2.67. The van der Waals surface area contributed by atoms with E-state index in [0.717, 1.165) is 13.1 Å². The molecular formula is C22H26N2O3. The van der Waals surface area contributed by atoms with Crippen LogP contribution in [0.5, 0.6) is 0 Å². The molecule has 142 valence electrons. The summed E-state index contributed by atoms with van der Waals surface area (Å²) in [5.41, 5.74) is 2.19. The van der Waals surface area contributed by atoms with Crippen LogP contribution in [-0.4, -0.2) is 42.6 Å². The Bertz CT molecular complexity index is 836. The summed E-state index contributed by atoms with van der Waals surface area (Å²) in [6, 6.07) is 8.57. The molecule has 2 saturated carbocycles. The average molecular weight is 366 g/mol. The van der Waals surface area contributed by atoms with Crippen LogP contribution in [0.15, 0.2) is 24.3 Å². The SMILES string of the molecule is C#CC1(NC(=O)OC)CC(C(=O)N2C[C@H]3[C@H](c4ccccc4C)[C@@]3(C)C2)C1. The van der Waals surface area contributed by atoms with E-state index in [2.05, 4.69) is 54.1 Å². The lowest BCUT2D eigenvalue weighted by molar-refractivity contribution is -0.139. The van der Waals surface area contributed by atoms with Gasteiger partial charge in [0.1, 0.15) is 5.54 Å². The Labute approximate surface area is 160 Å². The molecule has 2 aliphatic carbocycles. The fourth-order valence-corrected chi connectivity index (χ4v) is 5.30. The van der Waals surface area contributed by atoms with Gasteiger partial charge in [-0.05, 0) is 48.1 Å². The van der Waals surface area contributed by atoms with Gasteiger partial charge in [-0.25, -0.2) is 4.79 Å². The second-order valence-corrected chi connectivity index (χ2v) is 8.61. The van der Waals surface area contributed by atoms with Crippen molar-refractivity contribution in [2.75, 3.05) is 20.2 Å². The molecule has 0 unspecified atom stereocenters. The van der Waals surface area contributed by atoms with Gasteiger partial charge in [0.2, 0.25) is 5.91 Å². The Hall–Kier alpha value is -2.48. The summed E-state index contributed by atoms with van der Waals surface area (Å²) >= 11 is 0. The molecule has 3 fully saturated rings. The maximum absolute atomic E-state index is 12.9. The number of likely N-dealkylation sites (tertiary alicyclic amines) is 1. The molecule has 2 amide bonds. The number of fused-ring (bicyclic) bond motifs is 1. The highest BCUT2D eigenvalue weighted by molar-refractivity contribution is 5.82. The zero-order valence-electron chi connectivity index (χ0n) is 16.1. The van der Waals surface area contributed by atoms with E-state index in [4.69, 9.17) is 6.42 Å². The number of benzene rings is 1. The highest BCUT2D eigenvalue weighted by Crippen LogP contribution is 2.68. The van der Waals surface area contributed by atoms with Gasteiger partial charge in [0.25, 0.3) is 0 Å². The molecule has 5 heteroatoms. The third-order valence-corrected chi connectivity index (χ3v) is 6.98. The molecule has 4 rings (SSSR count). The first-order valence-electron chi connectivity index (χ1n) is 9.52. The molecule has 0 bridgehead atoms. The molecule has 1 saturated heterocycles. The maximum Gasteiger partial charge on any atom is 0.408 e. The third-order valence-electron chi connectivity index (χ3n) is 6.98. The number of methoxy groups -OCH3 is 1. The van der Waals surface area contributed by atoms with Gasteiger partial charge in [-0.2, -0.15) is 0 Å². The van der Waals surface area contributed by atoms with E-state index in [1.54, 1.807) is 0 Å². The van der Waals surface area contributed by atoms with E-state index >= 15 is 0 Å². The van der Waals surface area contributed by atoms with Gasteiger partial charge in [-0.15, -0.1) is 6.42 Å². The van der Waals surface area contributed by atoms with Gasteiger partial charge in [0.05, 0.1) is 7.11 Å². The zero-order valence-corrected chi connectivity index (χ0v) is 16.1. The summed E-state index contributed by atoms with van der Waals surface area (Å²) in [4.78, 5) is 26.4. The molecule has 5 nitrogen and oxygen atoms in total. The van der Waals surface area contributed by atoms with Crippen LogP contribution in [0.4, 0.5) is 4.79 Å². The van der Waals surface area contributed by atoms with Crippen molar-refractivity contribution >= 4 is 12.0 Å². The summed E-state index contributed by atoms with van der Waals surface area (Å²) in [5.74, 6) is 3.78. The summed E-state index contributed by atoms with van der Waals surface area (Å²) in [7, 11) is 1.31. The molecule has 3 aliphatic rings. The normalized spacial score (nSPS) is 36.2. The molecule has 27 heavy (non-hydrogen) atoms. The minimum absolute atomic E-state index is 0.115. The van der Waals surface area contributed by atoms with E-state index in [1.165, 1.54) is 18.2 Å². The van der Waals surface area contributed by atoms with E-state index in [-0.39, 0.29) is 17.2 Å². The number of hydrogen-bond acceptors (Lipinski definition) is 3. The largest absolute Gasteiger partial charge is 0.453 e. The van der Waals surface area contributed by atoms with Crippen LogP contribution in [0.2, 0.25) is 0 Å². The van der Waals surface area contributed by atoms with Gasteiger partial charge in [-0.3, -0.25) is 4.79 Å². The van der Waals surface area contributed by atoms with Crippen molar-refractivity contribution in [1.29, 1.82) is 0 Å². The fourth-order valence-electron chi connectivity index (χ4n) is 5.30. The summed E-state index contributed by atoms with van der Waals surface area (Å²) in [6.07, 6.45) is 6.01. The van der Waals surface area contributed by atoms with Gasteiger partial charge >= 0.3 is 6.09 Å². The molecule has 0 spiro atoms. The molecule has 1 heterocycles. The van der Waals surface area contributed by atoms with E-state index in [1.807, 2.05) is 4.90 Å². The van der Waals surface area contributed by atoms with Crippen molar-refractivity contribution in [3.05, 3.63) is 35.4 Å². The lowest BCUT2D eigenvalue weighted by Crippen LogP contribution is -2.59. The summed E-state index contributed by atoms with van der Waals surface area (Å²) in [6.45, 7) is 6.09. The van der Waals surface area contributed by atoms with Gasteiger partial charge in [-0.1, -0.05) is 37.1 Å². The predicted molar refractivity (Wildman–Crippen MR) is 102 cm³/mol. The Morgan fingerprint density at radius 1 is 1.33 bits per heavy atom. The summed E-state index contributed by atoms with van der Waals surface area (Å²) < 4.78 is 4.63. The third kappa shape index (κ3) is 2.70. The average Bonchev–Trinajstić information content (AvgIpc) is 3.01. The number of nitrogens with one attached hydrogen (secondary N) is 1. The van der Waals surface area contributed by atoms with Crippen molar-refractivity contribution in [1.82, 2.24) is 10.2 Å². The molecule has 1 aromatic rings. The lowest BCUT2D eigenvalue weighted by Gasteiger charge is -2.44. The molecule has 1 aliphatic heterocycles.